The Bertz CT molecular complexity index is 1310. The van der Waals surface area contributed by atoms with Crippen molar-refractivity contribution in [2.75, 3.05) is 12.1 Å². The van der Waals surface area contributed by atoms with Gasteiger partial charge in [0.1, 0.15) is 12.2 Å². The minimum atomic E-state index is -0.546. The molecule has 10 heteroatoms. The molecule has 3 aromatic rings. The molecule has 4 rings (SSSR count). The van der Waals surface area contributed by atoms with Crippen LogP contribution in [0.1, 0.15) is 11.1 Å². The summed E-state index contributed by atoms with van der Waals surface area (Å²) >= 11 is 6.41. The predicted octanol–water partition coefficient (Wildman–Crippen LogP) is 4.30. The Labute approximate surface area is 199 Å². The lowest BCUT2D eigenvalue weighted by molar-refractivity contribution is -0.384. The molecule has 0 saturated carbocycles. The van der Waals surface area contributed by atoms with E-state index in [0.717, 1.165) is 0 Å². The second-order valence-electron chi connectivity index (χ2n) is 7.22. The fourth-order valence-corrected chi connectivity index (χ4v) is 3.64. The highest BCUT2D eigenvalue weighted by atomic mass is 35.5. The number of ether oxygens (including phenoxy) is 2. The number of benzene rings is 3. The van der Waals surface area contributed by atoms with E-state index in [2.05, 4.69) is 5.43 Å². The highest BCUT2D eigenvalue weighted by molar-refractivity contribution is 6.33. The number of methoxy groups -OCH3 is 1. The fourth-order valence-electron chi connectivity index (χ4n) is 3.36. The van der Waals surface area contributed by atoms with E-state index in [1.54, 1.807) is 48.5 Å². The molecule has 1 aliphatic heterocycles. The molecule has 1 saturated heterocycles. The Balaban J connectivity index is 1.58. The normalized spacial score (nSPS) is 14.3. The molecule has 0 spiro atoms. The monoisotopic (exact) mass is 479 g/mol. The van der Waals surface area contributed by atoms with E-state index in [0.29, 0.717) is 16.8 Å². The molecule has 1 aliphatic rings. The van der Waals surface area contributed by atoms with Gasteiger partial charge in [0.15, 0.2) is 11.5 Å². The molecule has 2 amide bonds. The average molecular weight is 480 g/mol. The van der Waals surface area contributed by atoms with Crippen molar-refractivity contribution in [2.24, 2.45) is 0 Å². The zero-order chi connectivity index (χ0) is 24.2. The van der Waals surface area contributed by atoms with Gasteiger partial charge in [0, 0.05) is 12.1 Å². The van der Waals surface area contributed by atoms with Gasteiger partial charge in [-0.3, -0.25) is 25.1 Å². The van der Waals surface area contributed by atoms with Crippen LogP contribution in [0.25, 0.3) is 6.08 Å². The van der Waals surface area contributed by atoms with Crippen LogP contribution >= 0.6 is 11.6 Å². The van der Waals surface area contributed by atoms with Gasteiger partial charge in [-0.1, -0.05) is 41.9 Å². The van der Waals surface area contributed by atoms with Gasteiger partial charge in [-0.25, -0.2) is 5.01 Å². The maximum Gasteiger partial charge on any atom is 0.282 e. The quantitative estimate of drug-likeness (QED) is 0.234. The topological polar surface area (TPSA) is 111 Å². The molecule has 1 heterocycles. The Morgan fingerprint density at radius 1 is 1.09 bits per heavy atom. The first-order valence-electron chi connectivity index (χ1n) is 10.0. The minimum absolute atomic E-state index is 0.0190. The molecule has 34 heavy (non-hydrogen) atoms. The number of hydrogen-bond donors (Lipinski definition) is 1. The molecule has 0 bridgehead atoms. The Morgan fingerprint density at radius 2 is 1.85 bits per heavy atom. The van der Waals surface area contributed by atoms with Crippen LogP contribution in [0.4, 0.5) is 11.4 Å². The summed E-state index contributed by atoms with van der Waals surface area (Å²) in [4.78, 5) is 35.7. The van der Waals surface area contributed by atoms with Gasteiger partial charge in [-0.2, -0.15) is 0 Å². The summed E-state index contributed by atoms with van der Waals surface area (Å²) in [7, 11) is 1.42. The van der Waals surface area contributed by atoms with Gasteiger partial charge in [-0.15, -0.1) is 0 Å². The number of nitro benzene ring substituents is 1. The van der Waals surface area contributed by atoms with E-state index in [4.69, 9.17) is 21.1 Å². The number of carbonyl (C=O) groups is 2. The number of nitrogens with zero attached hydrogens (tertiary/aromatic N) is 2. The molecule has 0 radical (unpaired) electrons. The highest BCUT2D eigenvalue weighted by Gasteiger charge is 2.34. The van der Waals surface area contributed by atoms with E-state index in [1.807, 2.05) is 0 Å². The van der Waals surface area contributed by atoms with Crippen LogP contribution in [0.15, 0.2) is 72.3 Å². The SMILES string of the molecule is COc1cc(C=C2C(=O)NN(c3ccccc3)C2=O)cc(Cl)c1OCc1cccc([N+](=O)[O-])c1. The molecule has 0 aromatic heterocycles. The zero-order valence-electron chi connectivity index (χ0n) is 17.9. The van der Waals surface area contributed by atoms with Crippen molar-refractivity contribution < 1.29 is 24.0 Å². The van der Waals surface area contributed by atoms with Crippen LogP contribution in [0.2, 0.25) is 5.02 Å². The Morgan fingerprint density at radius 3 is 2.56 bits per heavy atom. The van der Waals surface area contributed by atoms with Gasteiger partial charge in [-0.05, 0) is 41.5 Å². The van der Waals surface area contributed by atoms with Gasteiger partial charge >= 0.3 is 0 Å². The smallest absolute Gasteiger partial charge is 0.282 e. The highest BCUT2D eigenvalue weighted by Crippen LogP contribution is 2.38. The van der Waals surface area contributed by atoms with Crippen molar-refractivity contribution in [1.29, 1.82) is 0 Å². The lowest BCUT2D eigenvalue weighted by atomic mass is 10.1. The number of rotatable bonds is 7. The van der Waals surface area contributed by atoms with Crippen LogP contribution in [0.3, 0.4) is 0 Å². The fraction of sp³-hybridized carbons (Fsp3) is 0.0833. The van der Waals surface area contributed by atoms with Gasteiger partial charge in [0.05, 0.1) is 22.7 Å². The average Bonchev–Trinajstić information content (AvgIpc) is 3.12. The van der Waals surface area contributed by atoms with E-state index in [9.17, 15) is 19.7 Å². The van der Waals surface area contributed by atoms with Crippen LogP contribution in [0, 0.1) is 10.1 Å². The van der Waals surface area contributed by atoms with E-state index >= 15 is 0 Å². The summed E-state index contributed by atoms with van der Waals surface area (Å²) in [6.07, 6.45) is 1.42. The number of hydrazine groups is 1. The third kappa shape index (κ3) is 4.69. The molecule has 0 atom stereocenters. The second kappa shape index (κ2) is 9.63. The molecule has 3 aromatic carbocycles. The molecular weight excluding hydrogens is 462 g/mol. The third-order valence-electron chi connectivity index (χ3n) is 4.97. The number of para-hydroxylation sites is 1. The van der Waals surface area contributed by atoms with E-state index in [1.165, 1.54) is 36.4 Å². The summed E-state index contributed by atoms with van der Waals surface area (Å²) < 4.78 is 11.2. The summed E-state index contributed by atoms with van der Waals surface area (Å²) in [6.45, 7) is 0.0190. The first kappa shape index (κ1) is 22.8. The maximum atomic E-state index is 12.8. The van der Waals surface area contributed by atoms with Crippen molar-refractivity contribution in [3.8, 4) is 11.5 Å². The molecule has 1 fully saturated rings. The number of amides is 2. The van der Waals surface area contributed by atoms with Crippen LogP contribution < -0.4 is 19.9 Å². The molecule has 0 aliphatic carbocycles. The summed E-state index contributed by atoms with van der Waals surface area (Å²) in [5.74, 6) is -0.547. The van der Waals surface area contributed by atoms with Gasteiger partial charge < -0.3 is 9.47 Å². The molecular formula is C24H18ClN3O6. The number of halogens is 1. The van der Waals surface area contributed by atoms with Crippen molar-refractivity contribution in [2.45, 2.75) is 6.61 Å². The van der Waals surface area contributed by atoms with Gasteiger partial charge in [0.2, 0.25) is 0 Å². The van der Waals surface area contributed by atoms with Crippen molar-refractivity contribution in [3.05, 3.63) is 98.6 Å². The number of nitro groups is 1. The largest absolute Gasteiger partial charge is 0.493 e. The number of nitrogens with one attached hydrogen (secondary N) is 1. The number of carbonyl (C=O) groups excluding carboxylic acids is 2. The van der Waals surface area contributed by atoms with Crippen molar-refractivity contribution in [1.82, 2.24) is 5.43 Å². The van der Waals surface area contributed by atoms with E-state index in [-0.39, 0.29) is 34.4 Å². The predicted molar refractivity (Wildman–Crippen MR) is 125 cm³/mol. The van der Waals surface area contributed by atoms with Crippen LogP contribution in [-0.4, -0.2) is 23.8 Å². The van der Waals surface area contributed by atoms with Crippen molar-refractivity contribution >= 4 is 40.9 Å². The lowest BCUT2D eigenvalue weighted by Gasteiger charge is -2.14. The standard InChI is InChI=1S/C24H18ClN3O6/c1-33-21-13-16(11-19-23(29)26-27(24(19)30)17-7-3-2-4-8-17)12-20(25)22(21)34-14-15-6-5-9-18(10-15)28(31)32/h2-13H,14H2,1H3,(H,26,29). The first-order valence-corrected chi connectivity index (χ1v) is 10.4. The summed E-state index contributed by atoms with van der Waals surface area (Å²) in [6, 6.07) is 17.9. The zero-order valence-corrected chi connectivity index (χ0v) is 18.6. The molecule has 9 nitrogen and oxygen atoms in total. The number of anilines is 1. The third-order valence-corrected chi connectivity index (χ3v) is 5.25. The summed E-state index contributed by atoms with van der Waals surface area (Å²) in [5, 5.41) is 12.3. The number of hydrogen-bond acceptors (Lipinski definition) is 6. The van der Waals surface area contributed by atoms with E-state index < -0.39 is 16.7 Å². The van der Waals surface area contributed by atoms with Crippen LogP contribution in [-0.2, 0) is 16.2 Å². The van der Waals surface area contributed by atoms with Crippen molar-refractivity contribution in [3.63, 3.8) is 0 Å². The molecule has 0 unspecified atom stereocenters. The molecule has 172 valence electrons. The second-order valence-corrected chi connectivity index (χ2v) is 7.63. The lowest BCUT2D eigenvalue weighted by Crippen LogP contribution is -2.35. The number of non-ortho nitro benzene ring substituents is 1. The summed E-state index contributed by atoms with van der Waals surface area (Å²) in [5.41, 5.74) is 3.99. The Kier molecular flexibility index (Phi) is 6.46. The minimum Gasteiger partial charge on any atom is -0.493 e. The maximum absolute atomic E-state index is 12.8. The first-order chi connectivity index (χ1) is 16.4. The Hall–Kier alpha value is -4.37. The molecule has 1 N–H and O–H groups in total. The van der Waals surface area contributed by atoms with Gasteiger partial charge in [0.25, 0.3) is 17.5 Å². The van der Waals surface area contributed by atoms with Crippen LogP contribution in [0.5, 0.6) is 11.5 Å².